The highest BCUT2D eigenvalue weighted by atomic mass is 15.1. The third-order valence-corrected chi connectivity index (χ3v) is 4.21. The molecule has 0 aromatic rings. The zero-order valence-corrected chi connectivity index (χ0v) is 10.6. The first kappa shape index (κ1) is 12.3. The molecule has 2 aliphatic rings. The van der Waals surface area contributed by atoms with Crippen molar-refractivity contribution in [3.05, 3.63) is 0 Å². The topological polar surface area (TPSA) is 41.3 Å². The summed E-state index contributed by atoms with van der Waals surface area (Å²) in [5.74, 6) is 0.841. The fraction of sp³-hybridized carbons (Fsp3) is 1.00. The van der Waals surface area contributed by atoms with E-state index in [1.54, 1.807) is 0 Å². The molecule has 1 saturated heterocycles. The molecule has 1 aliphatic carbocycles. The Morgan fingerprint density at radius 2 is 2.00 bits per heavy atom. The molecule has 3 nitrogen and oxygen atoms in total. The van der Waals surface area contributed by atoms with Crippen LogP contribution in [0.15, 0.2) is 0 Å². The summed E-state index contributed by atoms with van der Waals surface area (Å²) < 4.78 is 0. The summed E-state index contributed by atoms with van der Waals surface area (Å²) in [4.78, 5) is 2.46. The van der Waals surface area contributed by atoms with Gasteiger partial charge in [0.15, 0.2) is 0 Å². The van der Waals surface area contributed by atoms with Crippen molar-refractivity contribution in [3.63, 3.8) is 0 Å². The van der Waals surface area contributed by atoms with Crippen LogP contribution in [-0.4, -0.2) is 43.7 Å². The standard InChI is InChI=1S/C13H27N3/c1-16-8-4-5-11(10-16)9-15-13-7-3-2-6-12(13)14/h11-13,15H,2-10,14H2,1H3. The van der Waals surface area contributed by atoms with Crippen molar-refractivity contribution < 1.29 is 0 Å². The van der Waals surface area contributed by atoms with Crippen molar-refractivity contribution in [2.24, 2.45) is 11.7 Å². The Kier molecular flexibility index (Phi) is 4.62. The van der Waals surface area contributed by atoms with Gasteiger partial charge >= 0.3 is 0 Å². The van der Waals surface area contributed by atoms with Crippen molar-refractivity contribution in [3.8, 4) is 0 Å². The van der Waals surface area contributed by atoms with Gasteiger partial charge in [0.1, 0.15) is 0 Å². The van der Waals surface area contributed by atoms with Gasteiger partial charge in [-0.25, -0.2) is 0 Å². The van der Waals surface area contributed by atoms with Crippen molar-refractivity contribution in [2.45, 2.75) is 50.6 Å². The highest BCUT2D eigenvalue weighted by Gasteiger charge is 2.23. The third-order valence-electron chi connectivity index (χ3n) is 4.21. The summed E-state index contributed by atoms with van der Waals surface area (Å²) in [6.07, 6.45) is 7.92. The van der Waals surface area contributed by atoms with Crippen LogP contribution in [0.1, 0.15) is 38.5 Å². The van der Waals surface area contributed by atoms with Crippen LogP contribution in [-0.2, 0) is 0 Å². The number of nitrogens with zero attached hydrogens (tertiary/aromatic N) is 1. The molecule has 94 valence electrons. The Labute approximate surface area is 99.8 Å². The van der Waals surface area contributed by atoms with Crippen molar-refractivity contribution in [1.29, 1.82) is 0 Å². The number of rotatable bonds is 3. The molecule has 16 heavy (non-hydrogen) atoms. The largest absolute Gasteiger partial charge is 0.326 e. The number of likely N-dealkylation sites (tertiary alicyclic amines) is 1. The van der Waals surface area contributed by atoms with E-state index < -0.39 is 0 Å². The number of hydrogen-bond donors (Lipinski definition) is 2. The van der Waals surface area contributed by atoms with Crippen LogP contribution in [0, 0.1) is 5.92 Å². The first-order chi connectivity index (χ1) is 7.75. The summed E-state index contributed by atoms with van der Waals surface area (Å²) in [5, 5.41) is 3.71. The molecule has 0 amide bonds. The maximum absolute atomic E-state index is 6.15. The Bertz CT molecular complexity index is 207. The van der Waals surface area contributed by atoms with Crippen LogP contribution >= 0.6 is 0 Å². The van der Waals surface area contributed by atoms with Gasteiger partial charge in [-0.2, -0.15) is 0 Å². The quantitative estimate of drug-likeness (QED) is 0.758. The second kappa shape index (κ2) is 5.99. The number of piperidine rings is 1. The van der Waals surface area contributed by atoms with Gasteiger partial charge < -0.3 is 16.0 Å². The van der Waals surface area contributed by atoms with Gasteiger partial charge in [0.2, 0.25) is 0 Å². The second-order valence-electron chi connectivity index (χ2n) is 5.73. The van der Waals surface area contributed by atoms with E-state index in [2.05, 4.69) is 17.3 Å². The predicted octanol–water partition coefficient (Wildman–Crippen LogP) is 1.19. The smallest absolute Gasteiger partial charge is 0.0219 e. The second-order valence-corrected chi connectivity index (χ2v) is 5.73. The van der Waals surface area contributed by atoms with E-state index in [-0.39, 0.29) is 0 Å². The molecule has 3 heteroatoms. The first-order valence-electron chi connectivity index (χ1n) is 6.93. The lowest BCUT2D eigenvalue weighted by Crippen LogP contribution is -2.49. The van der Waals surface area contributed by atoms with Crippen LogP contribution in [0.2, 0.25) is 0 Å². The van der Waals surface area contributed by atoms with E-state index in [4.69, 9.17) is 5.73 Å². The molecule has 3 atom stereocenters. The summed E-state index contributed by atoms with van der Waals surface area (Å²) in [5.41, 5.74) is 6.15. The highest BCUT2D eigenvalue weighted by Crippen LogP contribution is 2.19. The molecule has 1 saturated carbocycles. The van der Waals surface area contributed by atoms with Crippen molar-refractivity contribution >= 4 is 0 Å². The Balaban J connectivity index is 1.69. The molecule has 0 aromatic carbocycles. The van der Waals surface area contributed by atoms with E-state index in [1.807, 2.05) is 0 Å². The lowest BCUT2D eigenvalue weighted by molar-refractivity contribution is 0.196. The molecular weight excluding hydrogens is 198 g/mol. The zero-order valence-electron chi connectivity index (χ0n) is 10.6. The zero-order chi connectivity index (χ0) is 11.4. The Morgan fingerprint density at radius 3 is 2.75 bits per heavy atom. The minimum absolute atomic E-state index is 0.398. The summed E-state index contributed by atoms with van der Waals surface area (Å²) >= 11 is 0. The van der Waals surface area contributed by atoms with Crippen LogP contribution in [0.3, 0.4) is 0 Å². The normalized spacial score (nSPS) is 37.5. The fourth-order valence-corrected chi connectivity index (χ4v) is 3.17. The molecule has 3 unspecified atom stereocenters. The van der Waals surface area contributed by atoms with Gasteiger partial charge in [-0.15, -0.1) is 0 Å². The van der Waals surface area contributed by atoms with E-state index >= 15 is 0 Å². The van der Waals surface area contributed by atoms with Crippen LogP contribution in [0.4, 0.5) is 0 Å². The van der Waals surface area contributed by atoms with Crippen molar-refractivity contribution in [1.82, 2.24) is 10.2 Å². The minimum Gasteiger partial charge on any atom is -0.326 e. The molecule has 0 spiro atoms. The van der Waals surface area contributed by atoms with Gasteiger partial charge in [-0.3, -0.25) is 0 Å². The third kappa shape index (κ3) is 3.44. The molecule has 0 bridgehead atoms. The molecule has 0 aromatic heterocycles. The maximum atomic E-state index is 6.15. The highest BCUT2D eigenvalue weighted by molar-refractivity contribution is 4.85. The van der Waals surface area contributed by atoms with Crippen molar-refractivity contribution in [2.75, 3.05) is 26.7 Å². The molecule has 1 aliphatic heterocycles. The van der Waals surface area contributed by atoms with Crippen LogP contribution in [0.5, 0.6) is 0 Å². The Hall–Kier alpha value is -0.120. The van der Waals surface area contributed by atoms with E-state index in [0.29, 0.717) is 12.1 Å². The Morgan fingerprint density at radius 1 is 1.19 bits per heavy atom. The van der Waals surface area contributed by atoms with Gasteiger partial charge in [0, 0.05) is 18.6 Å². The first-order valence-corrected chi connectivity index (χ1v) is 6.93. The van der Waals surface area contributed by atoms with E-state index in [1.165, 1.54) is 58.2 Å². The maximum Gasteiger partial charge on any atom is 0.0219 e. The average molecular weight is 225 g/mol. The molecule has 2 rings (SSSR count). The van der Waals surface area contributed by atoms with Gasteiger partial charge in [-0.05, 0) is 51.7 Å². The van der Waals surface area contributed by atoms with E-state index in [9.17, 15) is 0 Å². The average Bonchev–Trinajstić information content (AvgIpc) is 2.28. The predicted molar refractivity (Wildman–Crippen MR) is 68.5 cm³/mol. The van der Waals surface area contributed by atoms with E-state index in [0.717, 1.165) is 5.92 Å². The summed E-state index contributed by atoms with van der Waals surface area (Å²) in [6.45, 7) is 3.71. The summed E-state index contributed by atoms with van der Waals surface area (Å²) in [7, 11) is 2.23. The monoisotopic (exact) mass is 225 g/mol. The van der Waals surface area contributed by atoms with Crippen LogP contribution < -0.4 is 11.1 Å². The number of nitrogens with one attached hydrogen (secondary N) is 1. The molecule has 3 N–H and O–H groups in total. The number of hydrogen-bond acceptors (Lipinski definition) is 3. The molecule has 1 heterocycles. The SMILES string of the molecule is CN1CCCC(CNC2CCCCC2N)C1. The minimum atomic E-state index is 0.398. The van der Waals surface area contributed by atoms with Gasteiger partial charge in [0.05, 0.1) is 0 Å². The lowest BCUT2D eigenvalue weighted by Gasteiger charge is -2.34. The van der Waals surface area contributed by atoms with Gasteiger partial charge in [0.25, 0.3) is 0 Å². The molecule has 0 radical (unpaired) electrons. The van der Waals surface area contributed by atoms with Crippen LogP contribution in [0.25, 0.3) is 0 Å². The number of nitrogens with two attached hydrogens (primary N) is 1. The molecular formula is C13H27N3. The fourth-order valence-electron chi connectivity index (χ4n) is 3.17. The summed E-state index contributed by atoms with van der Waals surface area (Å²) in [6, 6.07) is 0.982. The lowest BCUT2D eigenvalue weighted by atomic mass is 9.90. The van der Waals surface area contributed by atoms with Gasteiger partial charge in [-0.1, -0.05) is 12.8 Å². The molecule has 2 fully saturated rings.